The average Bonchev–Trinajstić information content (AvgIpc) is 2.98. The smallest absolute Gasteiger partial charge is 0.305 e. The zero-order valence-corrected chi connectivity index (χ0v) is 16.0. The van der Waals surface area contributed by atoms with Gasteiger partial charge in [0.2, 0.25) is 0 Å². The van der Waals surface area contributed by atoms with Crippen LogP contribution in [-0.4, -0.2) is 25.9 Å². The van der Waals surface area contributed by atoms with E-state index in [1.165, 1.54) is 18.2 Å². The molecule has 26 heavy (non-hydrogen) atoms. The van der Waals surface area contributed by atoms with Crippen molar-refractivity contribution in [1.29, 1.82) is 0 Å². The molecule has 1 fully saturated rings. The molecule has 0 aromatic heterocycles. The lowest BCUT2D eigenvalue weighted by Crippen LogP contribution is -2.19. The molecule has 1 aliphatic rings. The van der Waals surface area contributed by atoms with Crippen LogP contribution in [0.4, 0.5) is 4.39 Å². The van der Waals surface area contributed by atoms with Crippen molar-refractivity contribution in [2.75, 3.05) is 13.7 Å². The number of carbonyl (C=O) groups excluding carboxylic acids is 1. The Labute approximate surface area is 156 Å². The molecule has 1 aromatic rings. The summed E-state index contributed by atoms with van der Waals surface area (Å²) in [6.45, 7) is 3.28. The Hall–Kier alpha value is -1.68. The van der Waals surface area contributed by atoms with E-state index in [1.54, 1.807) is 0 Å². The highest BCUT2D eigenvalue weighted by atomic mass is 19.1. The molecule has 0 unspecified atom stereocenters. The summed E-state index contributed by atoms with van der Waals surface area (Å²) in [6.07, 6.45) is 7.70. The third-order valence-electron chi connectivity index (χ3n) is 5.12. The molecule has 2 rings (SSSR count). The van der Waals surface area contributed by atoms with Crippen LogP contribution in [0, 0.1) is 18.8 Å². The van der Waals surface area contributed by atoms with Crippen LogP contribution in [0.15, 0.2) is 36.4 Å². The fourth-order valence-corrected chi connectivity index (χ4v) is 3.61. The number of esters is 1. The second-order valence-electron chi connectivity index (χ2n) is 7.20. The maximum absolute atomic E-state index is 14.2. The van der Waals surface area contributed by atoms with Crippen LogP contribution in [0.2, 0.25) is 0 Å². The SMILES string of the molecule is COC(=O)CCC/C=C\C[C@H]1[C@H](COCc2cccc(C)c2)CC[C@@H]1F. The number of aryl methyl sites for hydroxylation is 1. The second-order valence-corrected chi connectivity index (χ2v) is 7.20. The van der Waals surface area contributed by atoms with E-state index in [9.17, 15) is 9.18 Å². The van der Waals surface area contributed by atoms with Gasteiger partial charge in [0.25, 0.3) is 0 Å². The largest absolute Gasteiger partial charge is 0.469 e. The number of carbonyl (C=O) groups is 1. The van der Waals surface area contributed by atoms with Gasteiger partial charge in [0, 0.05) is 6.42 Å². The number of hydrogen-bond donors (Lipinski definition) is 0. The van der Waals surface area contributed by atoms with Crippen LogP contribution in [0.25, 0.3) is 0 Å². The molecule has 0 spiro atoms. The van der Waals surface area contributed by atoms with Crippen LogP contribution in [0.5, 0.6) is 0 Å². The van der Waals surface area contributed by atoms with Crippen molar-refractivity contribution in [1.82, 2.24) is 0 Å². The summed E-state index contributed by atoms with van der Waals surface area (Å²) in [5.41, 5.74) is 2.40. The van der Waals surface area contributed by atoms with Crippen molar-refractivity contribution >= 4 is 5.97 Å². The fraction of sp³-hybridized carbons (Fsp3) is 0.591. The van der Waals surface area contributed by atoms with Crippen molar-refractivity contribution in [3.05, 3.63) is 47.5 Å². The van der Waals surface area contributed by atoms with E-state index in [1.807, 2.05) is 6.07 Å². The molecule has 0 bridgehead atoms. The van der Waals surface area contributed by atoms with E-state index in [-0.39, 0.29) is 17.8 Å². The number of benzene rings is 1. The van der Waals surface area contributed by atoms with Crippen LogP contribution in [0.1, 0.15) is 49.7 Å². The standard InChI is InChI=1S/C22H31FO3/c1-17-8-7-9-18(14-17)15-26-16-19-12-13-21(23)20(19)10-5-3-4-6-11-22(24)25-2/h3,5,7-9,14,19-21H,4,6,10-13,15-16H2,1-2H3/b5-3-/t19-,20-,21-/m0/s1. The molecule has 1 aliphatic carbocycles. The average molecular weight is 362 g/mol. The van der Waals surface area contributed by atoms with E-state index >= 15 is 0 Å². The minimum Gasteiger partial charge on any atom is -0.469 e. The number of unbranched alkanes of at least 4 members (excludes halogenated alkanes) is 1. The third-order valence-corrected chi connectivity index (χ3v) is 5.12. The van der Waals surface area contributed by atoms with Crippen molar-refractivity contribution in [3.8, 4) is 0 Å². The van der Waals surface area contributed by atoms with Crippen molar-refractivity contribution < 1.29 is 18.7 Å². The van der Waals surface area contributed by atoms with Gasteiger partial charge in [0.1, 0.15) is 6.17 Å². The topological polar surface area (TPSA) is 35.5 Å². The minimum absolute atomic E-state index is 0.0457. The lowest BCUT2D eigenvalue weighted by molar-refractivity contribution is -0.140. The summed E-state index contributed by atoms with van der Waals surface area (Å²) in [4.78, 5) is 11.1. The summed E-state index contributed by atoms with van der Waals surface area (Å²) in [5, 5.41) is 0. The summed E-state index contributed by atoms with van der Waals surface area (Å²) < 4.78 is 24.7. The zero-order chi connectivity index (χ0) is 18.8. The van der Waals surface area contributed by atoms with Crippen LogP contribution < -0.4 is 0 Å². The number of allylic oxidation sites excluding steroid dienone is 2. The zero-order valence-electron chi connectivity index (χ0n) is 16.0. The maximum Gasteiger partial charge on any atom is 0.305 e. The highest BCUT2D eigenvalue weighted by molar-refractivity contribution is 5.69. The fourth-order valence-electron chi connectivity index (χ4n) is 3.61. The van der Waals surface area contributed by atoms with Gasteiger partial charge >= 0.3 is 5.97 Å². The summed E-state index contributed by atoms with van der Waals surface area (Å²) >= 11 is 0. The Kier molecular flexibility index (Phi) is 8.82. The molecule has 0 heterocycles. The van der Waals surface area contributed by atoms with Crippen molar-refractivity contribution in [3.63, 3.8) is 0 Å². The summed E-state index contributed by atoms with van der Waals surface area (Å²) in [6, 6.07) is 8.30. The highest BCUT2D eigenvalue weighted by Crippen LogP contribution is 2.37. The molecule has 3 atom stereocenters. The number of halogens is 1. The van der Waals surface area contributed by atoms with Gasteiger partial charge in [-0.3, -0.25) is 4.79 Å². The number of ether oxygens (including phenoxy) is 2. The van der Waals surface area contributed by atoms with Gasteiger partial charge in [-0.15, -0.1) is 0 Å². The van der Waals surface area contributed by atoms with Gasteiger partial charge in [0.15, 0.2) is 0 Å². The Balaban J connectivity index is 1.70. The van der Waals surface area contributed by atoms with Crippen molar-refractivity contribution in [2.24, 2.45) is 11.8 Å². The Bertz CT molecular complexity index is 585. The number of alkyl halides is 1. The van der Waals surface area contributed by atoms with Gasteiger partial charge in [0.05, 0.1) is 20.3 Å². The first-order valence-electron chi connectivity index (χ1n) is 9.59. The molecule has 144 valence electrons. The van der Waals surface area contributed by atoms with Crippen LogP contribution >= 0.6 is 0 Å². The molecule has 0 N–H and O–H groups in total. The quantitative estimate of drug-likeness (QED) is 0.327. The number of rotatable bonds is 10. The molecule has 1 saturated carbocycles. The molecule has 3 nitrogen and oxygen atoms in total. The minimum atomic E-state index is -0.734. The molecule has 0 aliphatic heterocycles. The predicted octanol–water partition coefficient (Wildman–Crippen LogP) is 5.17. The maximum atomic E-state index is 14.2. The van der Waals surface area contributed by atoms with E-state index in [0.717, 1.165) is 25.7 Å². The first-order chi connectivity index (χ1) is 12.6. The second kappa shape index (κ2) is 11.1. The number of methoxy groups -OCH3 is 1. The molecule has 1 aromatic carbocycles. The van der Waals surface area contributed by atoms with Crippen LogP contribution in [-0.2, 0) is 20.9 Å². The lowest BCUT2D eigenvalue weighted by atomic mass is 9.92. The predicted molar refractivity (Wildman–Crippen MR) is 102 cm³/mol. The van der Waals surface area contributed by atoms with E-state index in [2.05, 4.69) is 42.0 Å². The first kappa shape index (κ1) is 20.6. The monoisotopic (exact) mass is 362 g/mol. The number of hydrogen-bond acceptors (Lipinski definition) is 3. The molecule has 4 heteroatoms. The van der Waals surface area contributed by atoms with Gasteiger partial charge in [-0.1, -0.05) is 42.0 Å². The lowest BCUT2D eigenvalue weighted by Gasteiger charge is -2.20. The Morgan fingerprint density at radius 3 is 2.92 bits per heavy atom. The summed E-state index contributed by atoms with van der Waals surface area (Å²) in [5.74, 6) is 0.155. The molecular formula is C22H31FO3. The van der Waals surface area contributed by atoms with Crippen LogP contribution in [0.3, 0.4) is 0 Å². The van der Waals surface area contributed by atoms with E-state index < -0.39 is 6.17 Å². The summed E-state index contributed by atoms with van der Waals surface area (Å²) in [7, 11) is 1.40. The third kappa shape index (κ3) is 6.91. The van der Waals surface area contributed by atoms with Gasteiger partial charge < -0.3 is 9.47 Å². The van der Waals surface area contributed by atoms with Crippen molar-refractivity contribution in [2.45, 2.75) is 58.2 Å². The Morgan fingerprint density at radius 1 is 1.31 bits per heavy atom. The molecular weight excluding hydrogens is 331 g/mol. The normalized spacial score (nSPS) is 22.8. The van der Waals surface area contributed by atoms with Gasteiger partial charge in [-0.2, -0.15) is 0 Å². The molecule has 0 saturated heterocycles. The molecule has 0 radical (unpaired) electrons. The first-order valence-corrected chi connectivity index (χ1v) is 9.59. The Morgan fingerprint density at radius 2 is 2.15 bits per heavy atom. The highest BCUT2D eigenvalue weighted by Gasteiger charge is 2.35. The van der Waals surface area contributed by atoms with Gasteiger partial charge in [-0.05, 0) is 56.4 Å². The van der Waals surface area contributed by atoms with Gasteiger partial charge in [-0.25, -0.2) is 4.39 Å². The van der Waals surface area contributed by atoms with E-state index in [4.69, 9.17) is 4.74 Å². The van der Waals surface area contributed by atoms with E-state index in [0.29, 0.717) is 26.1 Å². The molecule has 0 amide bonds.